The highest BCUT2D eigenvalue weighted by atomic mass is 35.5. The zero-order valence-electron chi connectivity index (χ0n) is 14.4. The fraction of sp³-hybridized carbons (Fsp3) is 0.944. The predicted molar refractivity (Wildman–Crippen MR) is 93.2 cm³/mol. The predicted octanol–water partition coefficient (Wildman–Crippen LogP) is 3.52. The van der Waals surface area contributed by atoms with Crippen molar-refractivity contribution in [2.75, 3.05) is 13.1 Å². The number of amides is 1. The summed E-state index contributed by atoms with van der Waals surface area (Å²) in [4.78, 5) is 12.3. The monoisotopic (exact) mass is 328 g/mol. The number of hydrogen-bond acceptors (Lipinski definition) is 2. The number of fused-ring (bicyclic) bond motifs is 2. The SMILES string of the molecule is CC1(C)C2CCC1(C)C(NC(=O)CCC1CCNCC1)C2.Cl. The van der Waals surface area contributed by atoms with E-state index in [9.17, 15) is 4.79 Å². The van der Waals surface area contributed by atoms with Gasteiger partial charge >= 0.3 is 0 Å². The fourth-order valence-corrected chi connectivity index (χ4v) is 5.19. The molecule has 128 valence electrons. The Hall–Kier alpha value is -0.280. The molecule has 1 aliphatic heterocycles. The zero-order chi connectivity index (χ0) is 15.1. The quantitative estimate of drug-likeness (QED) is 0.829. The van der Waals surface area contributed by atoms with E-state index in [1.807, 2.05) is 0 Å². The number of piperidine rings is 1. The van der Waals surface area contributed by atoms with E-state index in [0.717, 1.165) is 37.8 Å². The molecule has 2 bridgehead atoms. The van der Waals surface area contributed by atoms with Crippen molar-refractivity contribution in [2.45, 2.75) is 71.8 Å². The van der Waals surface area contributed by atoms with E-state index in [0.29, 0.717) is 22.8 Å². The van der Waals surface area contributed by atoms with Crippen molar-refractivity contribution in [3.05, 3.63) is 0 Å². The summed E-state index contributed by atoms with van der Waals surface area (Å²) in [6.07, 6.45) is 8.11. The minimum Gasteiger partial charge on any atom is -0.353 e. The number of halogens is 1. The smallest absolute Gasteiger partial charge is 0.220 e. The molecule has 22 heavy (non-hydrogen) atoms. The van der Waals surface area contributed by atoms with E-state index in [-0.39, 0.29) is 12.4 Å². The lowest BCUT2D eigenvalue weighted by atomic mass is 9.69. The van der Waals surface area contributed by atoms with Crippen LogP contribution in [0.1, 0.15) is 65.7 Å². The summed E-state index contributed by atoms with van der Waals surface area (Å²) in [5.74, 6) is 1.85. The van der Waals surface area contributed by atoms with Crippen molar-refractivity contribution >= 4 is 18.3 Å². The number of rotatable bonds is 4. The Morgan fingerprint density at radius 1 is 1.18 bits per heavy atom. The molecule has 0 radical (unpaired) electrons. The van der Waals surface area contributed by atoms with E-state index in [1.54, 1.807) is 0 Å². The minimum absolute atomic E-state index is 0. The molecule has 0 aromatic rings. The van der Waals surface area contributed by atoms with Crippen LogP contribution in [-0.4, -0.2) is 25.0 Å². The van der Waals surface area contributed by atoms with E-state index in [1.165, 1.54) is 32.1 Å². The zero-order valence-corrected chi connectivity index (χ0v) is 15.2. The second-order valence-electron chi connectivity index (χ2n) is 8.46. The fourth-order valence-electron chi connectivity index (χ4n) is 5.19. The first-order chi connectivity index (χ1) is 9.93. The molecule has 4 heteroatoms. The molecule has 1 heterocycles. The second-order valence-corrected chi connectivity index (χ2v) is 8.46. The van der Waals surface area contributed by atoms with Crippen molar-refractivity contribution in [2.24, 2.45) is 22.7 Å². The largest absolute Gasteiger partial charge is 0.353 e. The number of nitrogens with one attached hydrogen (secondary N) is 2. The summed E-state index contributed by atoms with van der Waals surface area (Å²) in [5, 5.41) is 6.78. The average Bonchev–Trinajstić information content (AvgIpc) is 2.79. The average molecular weight is 329 g/mol. The highest BCUT2D eigenvalue weighted by Crippen LogP contribution is 2.65. The van der Waals surface area contributed by atoms with Gasteiger partial charge in [-0.15, -0.1) is 12.4 Å². The van der Waals surface area contributed by atoms with Gasteiger partial charge in [0.2, 0.25) is 5.91 Å². The summed E-state index contributed by atoms with van der Waals surface area (Å²) in [6.45, 7) is 9.47. The third-order valence-corrected chi connectivity index (χ3v) is 7.37. The molecule has 0 aromatic heterocycles. The summed E-state index contributed by atoms with van der Waals surface area (Å²) in [7, 11) is 0. The van der Waals surface area contributed by atoms with E-state index in [4.69, 9.17) is 0 Å². The van der Waals surface area contributed by atoms with E-state index in [2.05, 4.69) is 31.4 Å². The summed E-state index contributed by atoms with van der Waals surface area (Å²) < 4.78 is 0. The molecule has 3 fully saturated rings. The van der Waals surface area contributed by atoms with E-state index < -0.39 is 0 Å². The second kappa shape index (κ2) is 6.68. The Morgan fingerprint density at radius 3 is 2.41 bits per heavy atom. The summed E-state index contributed by atoms with van der Waals surface area (Å²) >= 11 is 0. The third-order valence-electron chi connectivity index (χ3n) is 7.37. The molecule has 2 aliphatic carbocycles. The first kappa shape index (κ1) is 18.1. The van der Waals surface area contributed by atoms with Gasteiger partial charge in [0.05, 0.1) is 0 Å². The highest BCUT2D eigenvalue weighted by molar-refractivity contribution is 5.85. The highest BCUT2D eigenvalue weighted by Gasteiger charge is 2.61. The van der Waals surface area contributed by atoms with Crippen molar-refractivity contribution in [1.82, 2.24) is 10.6 Å². The first-order valence-electron chi connectivity index (χ1n) is 8.93. The van der Waals surface area contributed by atoms with Gasteiger partial charge in [-0.3, -0.25) is 4.79 Å². The third kappa shape index (κ3) is 3.03. The van der Waals surface area contributed by atoms with Gasteiger partial charge in [-0.1, -0.05) is 20.8 Å². The van der Waals surface area contributed by atoms with Crippen LogP contribution in [0.3, 0.4) is 0 Å². The van der Waals surface area contributed by atoms with Crippen molar-refractivity contribution in [1.29, 1.82) is 0 Å². The van der Waals surface area contributed by atoms with Gasteiger partial charge in [0.1, 0.15) is 0 Å². The molecule has 3 atom stereocenters. The Balaban J connectivity index is 0.00000176. The van der Waals surface area contributed by atoms with Crippen LogP contribution in [0.5, 0.6) is 0 Å². The molecule has 3 aliphatic rings. The Bertz CT molecular complexity index is 406. The Morgan fingerprint density at radius 2 is 1.86 bits per heavy atom. The van der Waals surface area contributed by atoms with Gasteiger partial charge < -0.3 is 10.6 Å². The molecule has 2 N–H and O–H groups in total. The van der Waals surface area contributed by atoms with Crippen LogP contribution in [0.2, 0.25) is 0 Å². The molecular weight excluding hydrogens is 296 g/mol. The maximum absolute atomic E-state index is 12.3. The number of carbonyl (C=O) groups is 1. The van der Waals surface area contributed by atoms with Crippen LogP contribution < -0.4 is 10.6 Å². The maximum Gasteiger partial charge on any atom is 0.220 e. The van der Waals surface area contributed by atoms with Gasteiger partial charge in [-0.25, -0.2) is 0 Å². The van der Waals surface area contributed by atoms with Gasteiger partial charge in [0, 0.05) is 12.5 Å². The topological polar surface area (TPSA) is 41.1 Å². The van der Waals surface area contributed by atoms with Gasteiger partial charge in [-0.05, 0) is 74.3 Å². The van der Waals surface area contributed by atoms with Gasteiger partial charge in [0.15, 0.2) is 0 Å². The molecule has 1 amide bonds. The molecular formula is C18H33ClN2O. The summed E-state index contributed by atoms with van der Waals surface area (Å²) in [6, 6.07) is 0.409. The van der Waals surface area contributed by atoms with Crippen LogP contribution in [-0.2, 0) is 4.79 Å². The Kier molecular flexibility index (Phi) is 5.49. The first-order valence-corrected chi connectivity index (χ1v) is 8.93. The molecule has 3 unspecified atom stereocenters. The van der Waals surface area contributed by atoms with Crippen LogP contribution in [0.15, 0.2) is 0 Å². The summed E-state index contributed by atoms with van der Waals surface area (Å²) in [5.41, 5.74) is 0.696. The van der Waals surface area contributed by atoms with Crippen LogP contribution in [0.25, 0.3) is 0 Å². The standard InChI is InChI=1S/C18H32N2O.ClH/c1-17(2)14-6-9-18(17,3)15(12-14)20-16(21)5-4-13-7-10-19-11-8-13;/h13-15,19H,4-12H2,1-3H3,(H,20,21);1H. The lowest BCUT2D eigenvalue weighted by molar-refractivity contribution is -0.123. The lowest BCUT2D eigenvalue weighted by Crippen LogP contribution is -2.46. The minimum atomic E-state index is 0. The van der Waals surface area contributed by atoms with Crippen LogP contribution in [0, 0.1) is 22.7 Å². The van der Waals surface area contributed by atoms with Crippen molar-refractivity contribution in [3.8, 4) is 0 Å². The molecule has 2 saturated carbocycles. The number of carbonyl (C=O) groups excluding carboxylic acids is 1. The van der Waals surface area contributed by atoms with Gasteiger partial charge in [0.25, 0.3) is 0 Å². The Labute approximate surface area is 141 Å². The molecule has 3 rings (SSSR count). The van der Waals surface area contributed by atoms with E-state index >= 15 is 0 Å². The number of hydrogen-bond donors (Lipinski definition) is 2. The van der Waals surface area contributed by atoms with Crippen LogP contribution in [0.4, 0.5) is 0 Å². The normalized spacial score (nSPS) is 36.9. The molecule has 3 nitrogen and oxygen atoms in total. The molecule has 0 aromatic carbocycles. The molecule has 1 saturated heterocycles. The molecule has 0 spiro atoms. The lowest BCUT2D eigenvalue weighted by Gasteiger charge is -2.39. The van der Waals surface area contributed by atoms with Crippen LogP contribution >= 0.6 is 12.4 Å². The van der Waals surface area contributed by atoms with Gasteiger partial charge in [-0.2, -0.15) is 0 Å². The van der Waals surface area contributed by atoms with Crippen molar-refractivity contribution < 1.29 is 4.79 Å². The van der Waals surface area contributed by atoms with Crippen molar-refractivity contribution in [3.63, 3.8) is 0 Å². The maximum atomic E-state index is 12.3.